The summed E-state index contributed by atoms with van der Waals surface area (Å²) in [5.41, 5.74) is 2.44. The average Bonchev–Trinajstić information content (AvgIpc) is 3.24. The van der Waals surface area contributed by atoms with Gasteiger partial charge in [0.1, 0.15) is 5.75 Å². The molecule has 0 N–H and O–H groups in total. The van der Waals surface area contributed by atoms with Crippen LogP contribution in [-0.4, -0.2) is 24.5 Å². The third kappa shape index (κ3) is 3.33. The van der Waals surface area contributed by atoms with Gasteiger partial charge >= 0.3 is 0 Å². The molecule has 1 aliphatic heterocycles. The van der Waals surface area contributed by atoms with E-state index in [2.05, 4.69) is 29.0 Å². The van der Waals surface area contributed by atoms with Crippen LogP contribution in [0, 0.1) is 0 Å². The van der Waals surface area contributed by atoms with Crippen molar-refractivity contribution in [1.29, 1.82) is 0 Å². The minimum absolute atomic E-state index is 0.199. The first-order valence-electron chi connectivity index (χ1n) is 7.72. The van der Waals surface area contributed by atoms with Crippen molar-refractivity contribution in [2.75, 3.05) is 13.7 Å². The number of hydrogen-bond acceptors (Lipinski definition) is 3. The number of likely N-dealkylation sites (tertiary alicyclic amines) is 1. The second-order valence-electron chi connectivity index (χ2n) is 5.65. The fourth-order valence-corrected chi connectivity index (χ4v) is 3.79. The molecule has 22 heavy (non-hydrogen) atoms. The first-order chi connectivity index (χ1) is 10.8. The highest BCUT2D eigenvalue weighted by atomic mass is 32.1. The van der Waals surface area contributed by atoms with E-state index >= 15 is 0 Å². The number of aryl methyl sites for hydroxylation is 1. The van der Waals surface area contributed by atoms with Crippen LogP contribution in [0.15, 0.2) is 41.1 Å². The molecule has 1 unspecified atom stereocenters. The van der Waals surface area contributed by atoms with Gasteiger partial charge in [-0.3, -0.25) is 4.79 Å². The van der Waals surface area contributed by atoms with Crippen LogP contribution in [0.5, 0.6) is 5.75 Å². The minimum Gasteiger partial charge on any atom is -0.497 e. The van der Waals surface area contributed by atoms with E-state index in [0.29, 0.717) is 6.42 Å². The molecule has 3 nitrogen and oxygen atoms in total. The Labute approximate surface area is 135 Å². The maximum absolute atomic E-state index is 12.6. The molecule has 2 aromatic rings. The van der Waals surface area contributed by atoms with Gasteiger partial charge in [-0.2, -0.15) is 11.3 Å². The number of amides is 1. The van der Waals surface area contributed by atoms with E-state index in [1.165, 1.54) is 11.1 Å². The van der Waals surface area contributed by atoms with Gasteiger partial charge in [-0.1, -0.05) is 12.1 Å². The summed E-state index contributed by atoms with van der Waals surface area (Å²) in [6.07, 6.45) is 3.55. The first-order valence-corrected chi connectivity index (χ1v) is 8.66. The number of hydrogen-bond donors (Lipinski definition) is 0. The van der Waals surface area contributed by atoms with E-state index < -0.39 is 0 Å². The van der Waals surface area contributed by atoms with E-state index in [1.54, 1.807) is 18.4 Å². The SMILES string of the molecule is COc1cccc(C2CCCN2C(=O)CCc2ccsc2)c1. The Kier molecular flexibility index (Phi) is 4.78. The summed E-state index contributed by atoms with van der Waals surface area (Å²) >= 11 is 1.69. The van der Waals surface area contributed by atoms with Gasteiger partial charge in [0.2, 0.25) is 5.91 Å². The van der Waals surface area contributed by atoms with Crippen LogP contribution in [0.25, 0.3) is 0 Å². The molecule has 0 radical (unpaired) electrons. The maximum atomic E-state index is 12.6. The fourth-order valence-electron chi connectivity index (χ4n) is 3.09. The molecule has 1 aromatic carbocycles. The van der Waals surface area contributed by atoms with Crippen molar-refractivity contribution in [1.82, 2.24) is 4.90 Å². The van der Waals surface area contributed by atoms with Crippen LogP contribution in [0.1, 0.15) is 36.4 Å². The number of methoxy groups -OCH3 is 1. The Balaban J connectivity index is 1.68. The van der Waals surface area contributed by atoms with Gasteiger partial charge in [0.05, 0.1) is 13.2 Å². The summed E-state index contributed by atoms with van der Waals surface area (Å²) in [5.74, 6) is 1.12. The molecule has 2 heterocycles. The van der Waals surface area contributed by atoms with Crippen molar-refractivity contribution in [2.24, 2.45) is 0 Å². The van der Waals surface area contributed by atoms with Gasteiger partial charge < -0.3 is 9.64 Å². The van der Waals surface area contributed by atoms with Gasteiger partial charge in [-0.05, 0) is 59.3 Å². The summed E-state index contributed by atoms with van der Waals surface area (Å²) in [6.45, 7) is 0.865. The summed E-state index contributed by atoms with van der Waals surface area (Å²) in [5, 5.41) is 4.19. The first kappa shape index (κ1) is 15.1. The van der Waals surface area contributed by atoms with E-state index in [1.807, 2.05) is 17.0 Å². The Morgan fingerprint density at radius 2 is 2.32 bits per heavy atom. The zero-order chi connectivity index (χ0) is 15.4. The molecule has 1 fully saturated rings. The second kappa shape index (κ2) is 6.97. The zero-order valence-corrected chi connectivity index (χ0v) is 13.6. The number of benzene rings is 1. The Hall–Kier alpha value is -1.81. The predicted molar refractivity (Wildman–Crippen MR) is 89.3 cm³/mol. The van der Waals surface area contributed by atoms with Gasteiger partial charge in [0, 0.05) is 13.0 Å². The van der Waals surface area contributed by atoms with Crippen LogP contribution >= 0.6 is 11.3 Å². The molecule has 4 heteroatoms. The number of ether oxygens (including phenoxy) is 1. The number of rotatable bonds is 5. The normalized spacial score (nSPS) is 17.7. The Bertz CT molecular complexity index is 624. The van der Waals surface area contributed by atoms with E-state index in [-0.39, 0.29) is 11.9 Å². The molecule has 1 amide bonds. The smallest absolute Gasteiger partial charge is 0.223 e. The van der Waals surface area contributed by atoms with E-state index in [9.17, 15) is 4.79 Å². The highest BCUT2D eigenvalue weighted by Gasteiger charge is 2.29. The van der Waals surface area contributed by atoms with Crippen molar-refractivity contribution >= 4 is 17.2 Å². The van der Waals surface area contributed by atoms with Crippen molar-refractivity contribution in [3.05, 3.63) is 52.2 Å². The largest absolute Gasteiger partial charge is 0.497 e. The van der Waals surface area contributed by atoms with Crippen molar-refractivity contribution in [2.45, 2.75) is 31.7 Å². The van der Waals surface area contributed by atoms with Crippen LogP contribution < -0.4 is 4.74 Å². The molecule has 0 spiro atoms. The standard InChI is InChI=1S/C18H21NO2S/c1-21-16-5-2-4-15(12-16)17-6-3-10-19(17)18(20)8-7-14-9-11-22-13-14/h2,4-5,9,11-13,17H,3,6-8,10H2,1H3. The van der Waals surface area contributed by atoms with Crippen molar-refractivity contribution < 1.29 is 9.53 Å². The number of carbonyl (C=O) groups excluding carboxylic acids is 1. The third-order valence-corrected chi connectivity index (χ3v) is 4.99. The third-order valence-electron chi connectivity index (χ3n) is 4.26. The highest BCUT2D eigenvalue weighted by molar-refractivity contribution is 7.07. The average molecular weight is 315 g/mol. The number of thiophene rings is 1. The lowest BCUT2D eigenvalue weighted by molar-refractivity contribution is -0.132. The molecular weight excluding hydrogens is 294 g/mol. The van der Waals surface area contributed by atoms with Gasteiger partial charge in [0.15, 0.2) is 0 Å². The molecule has 0 aliphatic carbocycles. The van der Waals surface area contributed by atoms with Gasteiger partial charge in [0.25, 0.3) is 0 Å². The fraction of sp³-hybridized carbons (Fsp3) is 0.389. The van der Waals surface area contributed by atoms with E-state index in [4.69, 9.17) is 4.74 Å². The molecule has 0 bridgehead atoms. The lowest BCUT2D eigenvalue weighted by Crippen LogP contribution is -2.30. The van der Waals surface area contributed by atoms with Crippen LogP contribution in [-0.2, 0) is 11.2 Å². The lowest BCUT2D eigenvalue weighted by Gasteiger charge is -2.25. The second-order valence-corrected chi connectivity index (χ2v) is 6.43. The summed E-state index contributed by atoms with van der Waals surface area (Å²) in [7, 11) is 1.68. The Morgan fingerprint density at radius 3 is 3.09 bits per heavy atom. The lowest BCUT2D eigenvalue weighted by atomic mass is 10.0. The molecule has 1 atom stereocenters. The zero-order valence-electron chi connectivity index (χ0n) is 12.8. The van der Waals surface area contributed by atoms with Gasteiger partial charge in [-0.25, -0.2) is 0 Å². The molecule has 0 saturated carbocycles. The van der Waals surface area contributed by atoms with Gasteiger partial charge in [-0.15, -0.1) is 0 Å². The summed E-state index contributed by atoms with van der Waals surface area (Å²) in [6, 6.07) is 10.4. The molecular formula is C18H21NO2S. The topological polar surface area (TPSA) is 29.5 Å². The maximum Gasteiger partial charge on any atom is 0.223 e. The Morgan fingerprint density at radius 1 is 1.41 bits per heavy atom. The van der Waals surface area contributed by atoms with Crippen LogP contribution in [0.3, 0.4) is 0 Å². The summed E-state index contributed by atoms with van der Waals surface area (Å²) in [4.78, 5) is 14.6. The number of nitrogens with zero attached hydrogens (tertiary/aromatic N) is 1. The summed E-state index contributed by atoms with van der Waals surface area (Å²) < 4.78 is 5.30. The van der Waals surface area contributed by atoms with Crippen LogP contribution in [0.4, 0.5) is 0 Å². The monoisotopic (exact) mass is 315 g/mol. The molecule has 1 saturated heterocycles. The minimum atomic E-state index is 0.199. The predicted octanol–water partition coefficient (Wildman–Crippen LogP) is 4.05. The number of carbonyl (C=O) groups is 1. The quantitative estimate of drug-likeness (QED) is 0.833. The molecule has 1 aliphatic rings. The highest BCUT2D eigenvalue weighted by Crippen LogP contribution is 2.34. The molecule has 116 valence electrons. The molecule has 3 rings (SSSR count). The van der Waals surface area contributed by atoms with Crippen molar-refractivity contribution in [3.63, 3.8) is 0 Å². The molecule has 1 aromatic heterocycles. The van der Waals surface area contributed by atoms with Crippen LogP contribution in [0.2, 0.25) is 0 Å². The van der Waals surface area contributed by atoms with Crippen molar-refractivity contribution in [3.8, 4) is 5.75 Å². The van der Waals surface area contributed by atoms with E-state index in [0.717, 1.165) is 31.6 Å².